The molecule has 3 heterocycles. The number of rotatable bonds is 4. The van der Waals surface area contributed by atoms with Crippen molar-refractivity contribution in [2.75, 3.05) is 17.7 Å². The van der Waals surface area contributed by atoms with E-state index in [0.29, 0.717) is 6.54 Å². The molecule has 0 fully saturated rings. The number of nitrogens with zero attached hydrogens (tertiary/aromatic N) is 3. The highest BCUT2D eigenvalue weighted by atomic mass is 35.5. The number of aromatic nitrogens is 2. The third-order valence-electron chi connectivity index (χ3n) is 6.10. The van der Waals surface area contributed by atoms with E-state index >= 15 is 0 Å². The summed E-state index contributed by atoms with van der Waals surface area (Å²) in [7, 11) is -1.15. The molecular formula is C25H25ClFN3OS. The minimum atomic E-state index is -1.15. The van der Waals surface area contributed by atoms with Crippen molar-refractivity contribution in [1.82, 2.24) is 9.55 Å². The number of hydrogen-bond acceptors (Lipinski definition) is 3. The SMILES string of the molecule is Cc1c(S(C)=O)c2ccnc(N3CCc4ccccc4C3)c2n1Cc1cccc(F)c1.Cl. The molecule has 1 aliphatic rings. The summed E-state index contributed by atoms with van der Waals surface area (Å²) in [5.74, 6) is 0.639. The van der Waals surface area contributed by atoms with E-state index in [0.717, 1.165) is 52.4 Å². The number of halogens is 2. The Morgan fingerprint density at radius 1 is 1.09 bits per heavy atom. The lowest BCUT2D eigenvalue weighted by Gasteiger charge is -2.30. The molecule has 5 rings (SSSR count). The van der Waals surface area contributed by atoms with Crippen LogP contribution in [0.4, 0.5) is 10.2 Å². The van der Waals surface area contributed by atoms with Crippen molar-refractivity contribution in [2.45, 2.75) is 31.3 Å². The Bertz CT molecular complexity index is 1320. The standard InChI is InChI=1S/C25H24FN3OS.ClH/c1-17-24(31(2)30)22-10-12-27-25(28-13-11-19-7-3-4-8-20(19)16-28)23(22)29(17)15-18-6-5-9-21(26)14-18;/h3-10,12,14H,11,13,15-16H2,1-2H3;1H. The summed E-state index contributed by atoms with van der Waals surface area (Å²) in [6.45, 7) is 4.15. The van der Waals surface area contributed by atoms with Gasteiger partial charge in [0.05, 0.1) is 21.2 Å². The van der Waals surface area contributed by atoms with Crippen molar-refractivity contribution in [2.24, 2.45) is 0 Å². The zero-order valence-corrected chi connectivity index (χ0v) is 19.7. The minimum absolute atomic E-state index is 0. The quantitative estimate of drug-likeness (QED) is 0.409. The molecule has 166 valence electrons. The van der Waals surface area contributed by atoms with Crippen LogP contribution in [-0.2, 0) is 30.3 Å². The van der Waals surface area contributed by atoms with Gasteiger partial charge in [-0.25, -0.2) is 9.37 Å². The van der Waals surface area contributed by atoms with E-state index in [1.54, 1.807) is 24.6 Å². The van der Waals surface area contributed by atoms with Crippen LogP contribution >= 0.6 is 12.4 Å². The van der Waals surface area contributed by atoms with E-state index in [4.69, 9.17) is 4.98 Å². The first-order valence-corrected chi connectivity index (χ1v) is 12.0. The average Bonchev–Trinajstić information content (AvgIpc) is 3.05. The second kappa shape index (κ2) is 9.04. The lowest BCUT2D eigenvalue weighted by atomic mass is 10.00. The molecule has 0 bridgehead atoms. The first-order chi connectivity index (χ1) is 15.0. The fourth-order valence-corrected chi connectivity index (χ4v) is 5.66. The third-order valence-corrected chi connectivity index (χ3v) is 7.19. The molecule has 7 heteroatoms. The zero-order chi connectivity index (χ0) is 21.5. The van der Waals surface area contributed by atoms with Crippen molar-refractivity contribution >= 4 is 39.9 Å². The van der Waals surface area contributed by atoms with Crippen molar-refractivity contribution in [3.8, 4) is 0 Å². The first-order valence-electron chi connectivity index (χ1n) is 10.4. The predicted octanol–water partition coefficient (Wildman–Crippen LogP) is 5.25. The van der Waals surface area contributed by atoms with Crippen molar-refractivity contribution < 1.29 is 8.60 Å². The number of fused-ring (bicyclic) bond motifs is 2. The molecule has 0 amide bonds. The maximum Gasteiger partial charge on any atom is 0.153 e. The highest BCUT2D eigenvalue weighted by molar-refractivity contribution is 7.84. The first kappa shape index (κ1) is 22.5. The summed E-state index contributed by atoms with van der Waals surface area (Å²) in [6.07, 6.45) is 4.48. The van der Waals surface area contributed by atoms with Gasteiger partial charge in [0.15, 0.2) is 5.82 Å². The van der Waals surface area contributed by atoms with E-state index < -0.39 is 10.8 Å². The van der Waals surface area contributed by atoms with Gasteiger partial charge in [-0.1, -0.05) is 36.4 Å². The Balaban J connectivity index is 0.00000245. The molecule has 0 aliphatic carbocycles. The summed E-state index contributed by atoms with van der Waals surface area (Å²) in [4.78, 5) is 7.90. The summed E-state index contributed by atoms with van der Waals surface area (Å²) in [6, 6.07) is 17.1. The van der Waals surface area contributed by atoms with Crippen molar-refractivity contribution in [1.29, 1.82) is 0 Å². The maximum absolute atomic E-state index is 13.9. The highest BCUT2D eigenvalue weighted by Gasteiger charge is 2.25. The monoisotopic (exact) mass is 469 g/mol. The van der Waals surface area contributed by atoms with Gasteiger partial charge in [0.25, 0.3) is 0 Å². The van der Waals surface area contributed by atoms with Crippen LogP contribution in [-0.4, -0.2) is 26.6 Å². The van der Waals surface area contributed by atoms with Gasteiger partial charge in [-0.15, -0.1) is 12.4 Å². The lowest BCUT2D eigenvalue weighted by Crippen LogP contribution is -2.31. The van der Waals surface area contributed by atoms with Crippen molar-refractivity contribution in [3.05, 3.63) is 89.0 Å². The third kappa shape index (κ3) is 3.93. The fourth-order valence-electron chi connectivity index (χ4n) is 4.66. The van der Waals surface area contributed by atoms with Gasteiger partial charge in [0.2, 0.25) is 0 Å². The van der Waals surface area contributed by atoms with Gasteiger partial charge in [-0.05, 0) is 48.2 Å². The molecule has 4 aromatic rings. The van der Waals surface area contributed by atoms with Gasteiger partial charge in [0, 0.05) is 43.2 Å². The molecule has 2 aromatic carbocycles. The molecular weight excluding hydrogens is 445 g/mol. The fraction of sp³-hybridized carbons (Fsp3) is 0.240. The molecule has 4 nitrogen and oxygen atoms in total. The van der Waals surface area contributed by atoms with Crippen LogP contribution in [0.25, 0.3) is 10.9 Å². The van der Waals surface area contributed by atoms with Crippen LogP contribution in [0, 0.1) is 12.7 Å². The maximum atomic E-state index is 13.9. The Hall–Kier alpha value is -2.70. The van der Waals surface area contributed by atoms with Gasteiger partial charge in [0.1, 0.15) is 5.82 Å². The van der Waals surface area contributed by atoms with E-state index in [2.05, 4.69) is 33.7 Å². The minimum Gasteiger partial charge on any atom is -0.350 e. The second-order valence-corrected chi connectivity index (χ2v) is 9.37. The summed E-state index contributed by atoms with van der Waals surface area (Å²) >= 11 is 0. The highest BCUT2D eigenvalue weighted by Crippen LogP contribution is 2.36. The van der Waals surface area contributed by atoms with Crippen LogP contribution in [0.2, 0.25) is 0 Å². The molecule has 1 unspecified atom stereocenters. The van der Waals surface area contributed by atoms with E-state index in [9.17, 15) is 8.60 Å². The smallest absolute Gasteiger partial charge is 0.153 e. The normalized spacial score (nSPS) is 14.2. The number of pyridine rings is 1. The van der Waals surface area contributed by atoms with Gasteiger partial charge >= 0.3 is 0 Å². The number of anilines is 1. The van der Waals surface area contributed by atoms with E-state index in [1.807, 2.05) is 19.1 Å². The molecule has 0 saturated carbocycles. The van der Waals surface area contributed by atoms with Crippen LogP contribution in [0.3, 0.4) is 0 Å². The second-order valence-electron chi connectivity index (χ2n) is 8.06. The van der Waals surface area contributed by atoms with Crippen LogP contribution < -0.4 is 4.90 Å². The lowest BCUT2D eigenvalue weighted by molar-refractivity contribution is 0.623. The Kier molecular flexibility index (Phi) is 6.35. The Morgan fingerprint density at radius 3 is 2.62 bits per heavy atom. The topological polar surface area (TPSA) is 38.1 Å². The van der Waals surface area contributed by atoms with Crippen LogP contribution in [0.1, 0.15) is 22.4 Å². The zero-order valence-electron chi connectivity index (χ0n) is 18.0. The molecule has 32 heavy (non-hydrogen) atoms. The van der Waals surface area contributed by atoms with Crippen LogP contribution in [0.15, 0.2) is 65.7 Å². The molecule has 1 atom stereocenters. The average molecular weight is 470 g/mol. The summed E-state index contributed by atoms with van der Waals surface area (Å²) in [5, 5.41) is 0.957. The van der Waals surface area contributed by atoms with E-state index in [-0.39, 0.29) is 18.2 Å². The van der Waals surface area contributed by atoms with Gasteiger partial charge in [-0.2, -0.15) is 0 Å². The summed E-state index contributed by atoms with van der Waals surface area (Å²) < 4.78 is 28.6. The largest absolute Gasteiger partial charge is 0.350 e. The van der Waals surface area contributed by atoms with Gasteiger partial charge < -0.3 is 9.47 Å². The van der Waals surface area contributed by atoms with E-state index in [1.165, 1.54) is 17.2 Å². The molecule has 0 spiro atoms. The van der Waals surface area contributed by atoms with Crippen LogP contribution in [0.5, 0.6) is 0 Å². The molecule has 0 N–H and O–H groups in total. The molecule has 2 aromatic heterocycles. The summed E-state index contributed by atoms with van der Waals surface area (Å²) in [5.41, 5.74) is 5.47. The Morgan fingerprint density at radius 2 is 1.88 bits per heavy atom. The van der Waals surface area contributed by atoms with Gasteiger partial charge in [-0.3, -0.25) is 4.21 Å². The molecule has 1 aliphatic heterocycles. The van der Waals surface area contributed by atoms with Crippen molar-refractivity contribution in [3.63, 3.8) is 0 Å². The predicted molar refractivity (Wildman–Crippen MR) is 131 cm³/mol. The molecule has 0 saturated heterocycles. The Labute approximate surface area is 196 Å². The molecule has 0 radical (unpaired) electrons. The number of hydrogen-bond donors (Lipinski definition) is 0. The number of benzene rings is 2.